The van der Waals surface area contributed by atoms with Crippen molar-refractivity contribution in [1.82, 2.24) is 0 Å². The molecule has 1 heterocycles. The van der Waals surface area contributed by atoms with E-state index in [1.165, 1.54) is 0 Å². The van der Waals surface area contributed by atoms with E-state index in [4.69, 9.17) is 10.2 Å². The van der Waals surface area contributed by atoms with E-state index in [0.29, 0.717) is 0 Å². The van der Waals surface area contributed by atoms with Crippen LogP contribution in [0, 0.1) is 0 Å². The fraction of sp³-hybridized carbons (Fsp3) is 0.556. The van der Waals surface area contributed by atoms with Crippen LogP contribution >= 0.6 is 0 Å². The van der Waals surface area contributed by atoms with Crippen molar-refractivity contribution in [3.05, 3.63) is 12.2 Å². The second-order valence-electron chi connectivity index (χ2n) is 2.50. The van der Waals surface area contributed by atoms with Gasteiger partial charge in [-0.1, -0.05) is 6.58 Å². The van der Waals surface area contributed by atoms with Crippen molar-refractivity contribution in [1.29, 1.82) is 0 Å². The fourth-order valence-electron chi connectivity index (χ4n) is 0.258. The molecule has 0 saturated carbocycles. The highest BCUT2D eigenvalue weighted by Crippen LogP contribution is 1.95. The molecular weight excluding hydrogens is 204 g/mol. The summed E-state index contributed by atoms with van der Waals surface area (Å²) in [5.74, 6) is -2.44. The van der Waals surface area contributed by atoms with Crippen LogP contribution in [0.1, 0.15) is 6.42 Å². The minimum absolute atomic E-state index is 0.303. The Kier molecular flexibility index (Phi) is 11.4. The van der Waals surface area contributed by atoms with Gasteiger partial charge >= 0.3 is 11.9 Å². The predicted molar refractivity (Wildman–Crippen MR) is 52.8 cm³/mol. The summed E-state index contributed by atoms with van der Waals surface area (Å²) in [4.78, 5) is 19.7. The van der Waals surface area contributed by atoms with Gasteiger partial charge in [0.05, 0.1) is 19.6 Å². The first-order valence-corrected chi connectivity index (χ1v) is 4.06. The van der Waals surface area contributed by atoms with Crippen LogP contribution in [0.4, 0.5) is 0 Å². The summed E-state index contributed by atoms with van der Waals surface area (Å²) >= 11 is 0. The summed E-state index contributed by atoms with van der Waals surface area (Å²) in [5, 5.41) is 16.1. The third-order valence-corrected chi connectivity index (χ3v) is 0.871. The lowest BCUT2D eigenvalue weighted by Gasteiger charge is -1.91. The first-order valence-electron chi connectivity index (χ1n) is 4.06. The summed E-state index contributed by atoms with van der Waals surface area (Å²) in [6.45, 7) is 5.01. The molecule has 1 aliphatic heterocycles. The van der Waals surface area contributed by atoms with Crippen LogP contribution in [0.3, 0.4) is 0 Å². The quantitative estimate of drug-likeness (QED) is 0.527. The number of methoxy groups -OCH3 is 1. The molecule has 0 spiro atoms. The molecule has 2 N–H and O–H groups in total. The van der Waals surface area contributed by atoms with Crippen LogP contribution in [-0.2, 0) is 19.1 Å². The maximum atomic E-state index is 9.87. The van der Waals surface area contributed by atoms with E-state index in [0.717, 1.165) is 13.2 Å². The normalized spacial score (nSPS) is 11.1. The van der Waals surface area contributed by atoms with Crippen LogP contribution < -0.4 is 0 Å². The smallest absolute Gasteiger partial charge is 0.331 e. The largest absolute Gasteiger partial charge is 0.481 e. The Balaban J connectivity index is 0. The summed E-state index contributed by atoms with van der Waals surface area (Å²) < 4.78 is 8.75. The highest BCUT2D eigenvalue weighted by molar-refractivity contribution is 5.91. The first kappa shape index (κ1) is 16.0. The molecule has 1 rings (SSSR count). The molecule has 0 aromatic heterocycles. The lowest BCUT2D eigenvalue weighted by molar-refractivity contribution is -0.139. The van der Waals surface area contributed by atoms with Crippen molar-refractivity contribution < 1.29 is 29.3 Å². The summed E-state index contributed by atoms with van der Waals surface area (Å²) in [5.41, 5.74) is -0.303. The Bertz CT molecular complexity index is 206. The van der Waals surface area contributed by atoms with E-state index in [1.807, 2.05) is 0 Å². The predicted octanol–water partition coefficient (Wildman–Crippen LogP) is 0.381. The van der Waals surface area contributed by atoms with Gasteiger partial charge in [0.25, 0.3) is 0 Å². The standard InChI is InChI=1S/C5H6O4.C2H4O.C2H6O/c1-3(5(8)9)2-4(6)7;1-2-3-1;1-3-2/h1-2H2,(H,6,7)(H,8,9);1-2H2;1-2H3. The molecule has 6 nitrogen and oxygen atoms in total. The number of carboxylic acid groups (broad SMARTS) is 2. The van der Waals surface area contributed by atoms with Gasteiger partial charge in [-0.25, -0.2) is 4.79 Å². The zero-order valence-electron chi connectivity index (χ0n) is 8.86. The van der Waals surface area contributed by atoms with Crippen molar-refractivity contribution in [2.75, 3.05) is 27.4 Å². The lowest BCUT2D eigenvalue weighted by atomic mass is 10.2. The van der Waals surface area contributed by atoms with Gasteiger partial charge in [0, 0.05) is 19.8 Å². The van der Waals surface area contributed by atoms with E-state index in [-0.39, 0.29) is 5.57 Å². The number of rotatable bonds is 3. The average molecular weight is 220 g/mol. The molecule has 0 aromatic rings. The zero-order chi connectivity index (χ0) is 12.3. The summed E-state index contributed by atoms with van der Waals surface area (Å²) in [6.07, 6.45) is -0.505. The van der Waals surface area contributed by atoms with Crippen molar-refractivity contribution >= 4 is 11.9 Å². The number of carboxylic acids is 2. The number of epoxide rings is 1. The zero-order valence-corrected chi connectivity index (χ0v) is 8.86. The fourth-order valence-corrected chi connectivity index (χ4v) is 0.258. The van der Waals surface area contributed by atoms with E-state index in [9.17, 15) is 9.59 Å². The topological polar surface area (TPSA) is 96.4 Å². The third kappa shape index (κ3) is 24.5. The van der Waals surface area contributed by atoms with Crippen molar-refractivity contribution in [2.24, 2.45) is 0 Å². The molecule has 6 heteroatoms. The Hall–Kier alpha value is -1.40. The molecular formula is C9H16O6. The molecule has 0 aromatic carbocycles. The van der Waals surface area contributed by atoms with Gasteiger partial charge < -0.3 is 19.7 Å². The number of carbonyl (C=O) groups is 2. The number of hydrogen-bond acceptors (Lipinski definition) is 4. The Morgan fingerprint density at radius 2 is 1.67 bits per heavy atom. The molecule has 0 atom stereocenters. The second kappa shape index (κ2) is 10.7. The number of aliphatic carboxylic acids is 2. The van der Waals surface area contributed by atoms with Crippen LogP contribution in [0.2, 0.25) is 0 Å². The van der Waals surface area contributed by atoms with E-state index in [2.05, 4.69) is 16.1 Å². The Labute approximate surface area is 88.1 Å². The molecule has 0 aliphatic carbocycles. The van der Waals surface area contributed by atoms with Crippen LogP contribution in [0.25, 0.3) is 0 Å². The molecule has 0 bridgehead atoms. The summed E-state index contributed by atoms with van der Waals surface area (Å²) in [7, 11) is 3.25. The van der Waals surface area contributed by atoms with E-state index < -0.39 is 18.4 Å². The van der Waals surface area contributed by atoms with Crippen molar-refractivity contribution in [2.45, 2.75) is 6.42 Å². The molecule has 0 unspecified atom stereocenters. The van der Waals surface area contributed by atoms with E-state index >= 15 is 0 Å². The minimum atomic E-state index is -1.27. The van der Waals surface area contributed by atoms with Crippen LogP contribution in [-0.4, -0.2) is 49.6 Å². The maximum absolute atomic E-state index is 9.87. The minimum Gasteiger partial charge on any atom is -0.481 e. The second-order valence-corrected chi connectivity index (χ2v) is 2.50. The highest BCUT2D eigenvalue weighted by atomic mass is 16.6. The van der Waals surface area contributed by atoms with Gasteiger partial charge in [0.1, 0.15) is 0 Å². The third-order valence-electron chi connectivity index (χ3n) is 0.871. The molecule has 15 heavy (non-hydrogen) atoms. The van der Waals surface area contributed by atoms with Gasteiger partial charge in [-0.05, 0) is 0 Å². The Morgan fingerprint density at radius 3 is 1.73 bits per heavy atom. The van der Waals surface area contributed by atoms with Gasteiger partial charge in [0.2, 0.25) is 0 Å². The first-order chi connectivity index (χ1) is 6.95. The monoisotopic (exact) mass is 220 g/mol. The van der Waals surface area contributed by atoms with Gasteiger partial charge in [-0.2, -0.15) is 0 Å². The van der Waals surface area contributed by atoms with E-state index in [1.54, 1.807) is 14.2 Å². The average Bonchev–Trinajstić information content (AvgIpc) is 2.89. The molecule has 0 amide bonds. The Morgan fingerprint density at radius 1 is 1.33 bits per heavy atom. The number of hydrogen-bond donors (Lipinski definition) is 2. The molecule has 1 fully saturated rings. The van der Waals surface area contributed by atoms with Gasteiger partial charge in [-0.3, -0.25) is 4.79 Å². The van der Waals surface area contributed by atoms with Crippen molar-refractivity contribution in [3.8, 4) is 0 Å². The van der Waals surface area contributed by atoms with Crippen molar-refractivity contribution in [3.63, 3.8) is 0 Å². The van der Waals surface area contributed by atoms with Crippen LogP contribution in [0.15, 0.2) is 12.2 Å². The highest BCUT2D eigenvalue weighted by Gasteiger charge is 2.07. The maximum Gasteiger partial charge on any atom is 0.331 e. The van der Waals surface area contributed by atoms with Gasteiger partial charge in [0.15, 0.2) is 0 Å². The van der Waals surface area contributed by atoms with Crippen LogP contribution in [0.5, 0.6) is 0 Å². The molecule has 88 valence electrons. The summed E-state index contributed by atoms with van der Waals surface area (Å²) in [6, 6.07) is 0. The molecule has 1 aliphatic rings. The SMILES string of the molecule is C1CO1.C=C(CC(=O)O)C(=O)O.COC. The lowest BCUT2D eigenvalue weighted by Crippen LogP contribution is -2.04. The molecule has 0 radical (unpaired) electrons. The molecule has 1 saturated heterocycles. The van der Waals surface area contributed by atoms with Gasteiger partial charge in [-0.15, -0.1) is 0 Å². The number of ether oxygens (including phenoxy) is 2.